The van der Waals surface area contributed by atoms with Crippen molar-refractivity contribution >= 4 is 0 Å². The summed E-state index contributed by atoms with van der Waals surface area (Å²) in [7, 11) is 0. The zero-order valence-electron chi connectivity index (χ0n) is 21.8. The van der Waals surface area contributed by atoms with Gasteiger partial charge in [0.2, 0.25) is 5.75 Å². The van der Waals surface area contributed by atoms with E-state index in [1.807, 2.05) is 0 Å². The number of halogens is 11. The first-order valence-corrected chi connectivity index (χ1v) is 12.1. The third kappa shape index (κ3) is 9.04. The molecule has 14 heteroatoms. The Bertz CT molecular complexity index is 1520. The monoisotopic (exact) mass is 624 g/mol. The van der Waals surface area contributed by atoms with E-state index in [-0.39, 0.29) is 34.6 Å². The summed E-state index contributed by atoms with van der Waals surface area (Å²) in [4.78, 5) is 0. The highest BCUT2D eigenvalue weighted by molar-refractivity contribution is 5.46. The van der Waals surface area contributed by atoms with Crippen LogP contribution in [0.15, 0.2) is 60.4 Å². The number of hydrogen-bond donors (Lipinski definition) is 0. The van der Waals surface area contributed by atoms with Gasteiger partial charge in [-0.1, -0.05) is 17.9 Å². The average molecular weight is 624 g/mol. The highest BCUT2D eigenvalue weighted by Crippen LogP contribution is 2.37. The number of hydrogen-bond acceptors (Lipinski definition) is 3. The first-order chi connectivity index (χ1) is 20.1. The van der Waals surface area contributed by atoms with Crippen LogP contribution < -0.4 is 14.2 Å². The zero-order valence-corrected chi connectivity index (χ0v) is 21.8. The Kier molecular flexibility index (Phi) is 10.6. The Labute approximate surface area is 237 Å². The van der Waals surface area contributed by atoms with E-state index >= 15 is 0 Å². The molecule has 3 aromatic rings. The van der Waals surface area contributed by atoms with Crippen LogP contribution in [0.25, 0.3) is 0 Å². The fraction of sp³-hybridized carbons (Fsp3) is 0.241. The predicted octanol–water partition coefficient (Wildman–Crippen LogP) is 8.59. The van der Waals surface area contributed by atoms with Crippen molar-refractivity contribution < 1.29 is 62.5 Å². The molecule has 43 heavy (non-hydrogen) atoms. The normalized spacial score (nSPS) is 12.8. The van der Waals surface area contributed by atoms with Gasteiger partial charge in [0.05, 0.1) is 12.2 Å². The van der Waals surface area contributed by atoms with E-state index in [1.54, 1.807) is 6.92 Å². The SMILES string of the molecule is CCOc1ccc(C#Cc2ccc(C/C=C(/F)C(CF)C(F)(F)Oc3cc(F)c(OC(F)(F)F)c(F)c3)c(F)c2)c(F)c1. The molecule has 3 nitrogen and oxygen atoms in total. The first-order valence-electron chi connectivity index (χ1n) is 12.1. The number of ether oxygens (including phenoxy) is 3. The van der Waals surface area contributed by atoms with Crippen LogP contribution in [0.4, 0.5) is 48.3 Å². The molecule has 0 aliphatic carbocycles. The average Bonchev–Trinajstić information content (AvgIpc) is 2.89. The molecular formula is C29H19F11O3. The molecule has 1 atom stereocenters. The van der Waals surface area contributed by atoms with E-state index in [0.717, 1.165) is 18.2 Å². The van der Waals surface area contributed by atoms with Crippen molar-refractivity contribution in [1.29, 1.82) is 0 Å². The summed E-state index contributed by atoms with van der Waals surface area (Å²) in [5.41, 5.74) is -0.139. The molecule has 3 rings (SSSR count). The van der Waals surface area contributed by atoms with Crippen LogP contribution in [-0.4, -0.2) is 25.8 Å². The third-order valence-corrected chi connectivity index (χ3v) is 5.50. The fourth-order valence-electron chi connectivity index (χ4n) is 3.49. The fourth-order valence-corrected chi connectivity index (χ4v) is 3.49. The zero-order chi connectivity index (χ0) is 31.9. The van der Waals surface area contributed by atoms with Crippen molar-refractivity contribution in [2.45, 2.75) is 25.8 Å². The smallest absolute Gasteiger partial charge is 0.494 e. The van der Waals surface area contributed by atoms with Crippen LogP contribution in [0.5, 0.6) is 17.2 Å². The highest BCUT2D eigenvalue weighted by atomic mass is 19.4. The molecule has 0 bridgehead atoms. The maximum absolute atomic E-state index is 14.6. The summed E-state index contributed by atoms with van der Waals surface area (Å²) in [6, 6.07) is 7.10. The lowest BCUT2D eigenvalue weighted by atomic mass is 10.0. The number of alkyl halides is 6. The lowest BCUT2D eigenvalue weighted by Crippen LogP contribution is -2.36. The molecule has 0 saturated heterocycles. The molecule has 0 amide bonds. The lowest BCUT2D eigenvalue weighted by Gasteiger charge is -2.24. The van der Waals surface area contributed by atoms with Gasteiger partial charge in [0.15, 0.2) is 11.6 Å². The Balaban J connectivity index is 1.73. The molecule has 0 radical (unpaired) electrons. The van der Waals surface area contributed by atoms with Crippen LogP contribution in [-0.2, 0) is 6.42 Å². The molecule has 0 saturated carbocycles. The number of allylic oxidation sites excluding steroid dienone is 1. The largest absolute Gasteiger partial charge is 0.573 e. The molecule has 0 fully saturated rings. The number of rotatable bonds is 10. The summed E-state index contributed by atoms with van der Waals surface area (Å²) in [5, 5.41) is 0. The Hall–Kier alpha value is -4.41. The van der Waals surface area contributed by atoms with Crippen molar-refractivity contribution in [2.75, 3.05) is 13.3 Å². The van der Waals surface area contributed by atoms with Gasteiger partial charge in [-0.2, -0.15) is 8.78 Å². The van der Waals surface area contributed by atoms with Gasteiger partial charge in [0.25, 0.3) is 0 Å². The van der Waals surface area contributed by atoms with Gasteiger partial charge in [-0.05, 0) is 49.2 Å². The van der Waals surface area contributed by atoms with Crippen molar-refractivity contribution in [3.63, 3.8) is 0 Å². The van der Waals surface area contributed by atoms with E-state index in [9.17, 15) is 48.3 Å². The van der Waals surface area contributed by atoms with Crippen LogP contribution in [0.2, 0.25) is 0 Å². The van der Waals surface area contributed by atoms with Crippen LogP contribution in [0.1, 0.15) is 23.6 Å². The van der Waals surface area contributed by atoms with E-state index in [0.29, 0.717) is 12.7 Å². The van der Waals surface area contributed by atoms with Gasteiger partial charge in [-0.15, -0.1) is 13.2 Å². The van der Waals surface area contributed by atoms with Crippen LogP contribution >= 0.6 is 0 Å². The molecule has 230 valence electrons. The second-order valence-electron chi connectivity index (χ2n) is 8.56. The van der Waals surface area contributed by atoms with Gasteiger partial charge in [-0.25, -0.2) is 26.3 Å². The van der Waals surface area contributed by atoms with Gasteiger partial charge < -0.3 is 14.2 Å². The molecule has 0 aromatic heterocycles. The quantitative estimate of drug-likeness (QED) is 0.167. The third-order valence-electron chi connectivity index (χ3n) is 5.50. The topological polar surface area (TPSA) is 27.7 Å². The molecule has 0 aliphatic rings. The van der Waals surface area contributed by atoms with Crippen molar-refractivity contribution in [3.05, 3.63) is 100 Å². The maximum Gasteiger partial charge on any atom is 0.573 e. The lowest BCUT2D eigenvalue weighted by molar-refractivity contribution is -0.276. The van der Waals surface area contributed by atoms with Crippen LogP contribution in [0.3, 0.4) is 0 Å². The minimum Gasteiger partial charge on any atom is -0.494 e. The second-order valence-corrected chi connectivity index (χ2v) is 8.56. The van der Waals surface area contributed by atoms with E-state index < -0.39 is 72.1 Å². The van der Waals surface area contributed by atoms with Crippen LogP contribution in [0, 0.1) is 41.0 Å². The highest BCUT2D eigenvalue weighted by Gasteiger charge is 2.46. The molecule has 3 aromatic carbocycles. The van der Waals surface area contributed by atoms with E-state index in [4.69, 9.17) is 4.74 Å². The molecule has 0 aliphatic heterocycles. The summed E-state index contributed by atoms with van der Waals surface area (Å²) in [6.07, 6.45) is -10.5. The Morgan fingerprint density at radius 3 is 2.02 bits per heavy atom. The predicted molar refractivity (Wildman–Crippen MR) is 131 cm³/mol. The molecule has 1 unspecified atom stereocenters. The maximum atomic E-state index is 14.6. The summed E-state index contributed by atoms with van der Waals surface area (Å²) >= 11 is 0. The van der Waals surface area contributed by atoms with E-state index in [1.165, 1.54) is 18.2 Å². The summed E-state index contributed by atoms with van der Waals surface area (Å²) in [5.74, 6) is -8.59. The molecule has 0 spiro atoms. The van der Waals surface area contributed by atoms with Crippen molar-refractivity contribution in [1.82, 2.24) is 0 Å². The first kappa shape index (κ1) is 33.1. The molecule has 0 heterocycles. The number of benzene rings is 3. The Morgan fingerprint density at radius 1 is 0.814 bits per heavy atom. The Morgan fingerprint density at radius 2 is 1.47 bits per heavy atom. The van der Waals surface area contributed by atoms with E-state index in [2.05, 4.69) is 21.3 Å². The van der Waals surface area contributed by atoms with Gasteiger partial charge in [0, 0.05) is 23.8 Å². The van der Waals surface area contributed by atoms with Gasteiger partial charge in [-0.3, -0.25) is 0 Å². The summed E-state index contributed by atoms with van der Waals surface area (Å²) in [6.45, 7) is -0.0471. The van der Waals surface area contributed by atoms with Crippen molar-refractivity contribution in [3.8, 4) is 29.1 Å². The minimum absolute atomic E-state index is 0.00517. The molecular weight excluding hydrogens is 605 g/mol. The summed E-state index contributed by atoms with van der Waals surface area (Å²) < 4.78 is 162. The van der Waals surface area contributed by atoms with Gasteiger partial charge in [0.1, 0.15) is 41.6 Å². The second kappa shape index (κ2) is 13.7. The van der Waals surface area contributed by atoms with Crippen molar-refractivity contribution in [2.24, 2.45) is 5.92 Å². The molecule has 0 N–H and O–H groups in total. The minimum atomic E-state index is -5.51. The van der Waals surface area contributed by atoms with Gasteiger partial charge >= 0.3 is 12.5 Å². The standard InChI is InChI=1S/C29H19F11O3/c1-2-41-19-9-7-17(24(33)12-19)5-3-16-4-6-18(23(32)11-16)8-10-22(31)21(15-30)28(36,37)42-20-13-25(34)27(26(35)14-20)43-29(38,39)40/h4,6-7,9-14,21H,2,8,15H2,1H3/b22-10+.